The van der Waals surface area contributed by atoms with E-state index in [1.54, 1.807) is 48.8 Å². The Morgan fingerprint density at radius 3 is 2.18 bits per heavy atom. The number of alkyl halides is 3. The van der Waals surface area contributed by atoms with Crippen molar-refractivity contribution in [3.8, 4) is 5.75 Å². The molecule has 0 radical (unpaired) electrons. The lowest BCUT2D eigenvalue weighted by Crippen LogP contribution is -2.34. The topological polar surface area (TPSA) is 101 Å². The fourth-order valence-corrected chi connectivity index (χ4v) is 2.96. The maximum Gasteiger partial charge on any atom is 0.573 e. The third kappa shape index (κ3) is 7.74. The third-order valence-electron chi connectivity index (χ3n) is 4.37. The predicted molar refractivity (Wildman–Crippen MR) is 123 cm³/mol. The molecule has 7 nitrogen and oxygen atoms in total. The first-order valence-corrected chi connectivity index (χ1v) is 10.1. The summed E-state index contributed by atoms with van der Waals surface area (Å²) in [6, 6.07) is 15.0. The quantitative estimate of drug-likeness (QED) is 0.380. The van der Waals surface area contributed by atoms with Gasteiger partial charge in [0, 0.05) is 41.9 Å². The van der Waals surface area contributed by atoms with Crippen LogP contribution in [-0.4, -0.2) is 28.9 Å². The summed E-state index contributed by atoms with van der Waals surface area (Å²) in [5.74, 6) is -0.580. The van der Waals surface area contributed by atoms with Crippen LogP contribution in [0.3, 0.4) is 0 Å². The number of pyridine rings is 1. The first-order chi connectivity index (χ1) is 15.7. The van der Waals surface area contributed by atoms with Crippen molar-refractivity contribution in [2.75, 3.05) is 17.2 Å². The molecule has 0 aliphatic heterocycles. The van der Waals surface area contributed by atoms with Gasteiger partial charge in [-0.15, -0.1) is 13.2 Å². The number of ether oxygens (including phenoxy) is 1. The number of aromatic nitrogens is 1. The van der Waals surface area contributed by atoms with Crippen LogP contribution in [0, 0.1) is 0 Å². The number of anilines is 2. The second-order valence-corrected chi connectivity index (χ2v) is 7.23. The Kier molecular flexibility index (Phi) is 7.80. The Morgan fingerprint density at radius 1 is 0.970 bits per heavy atom. The number of nitrogens with two attached hydrogens (primary N) is 1. The van der Waals surface area contributed by atoms with Gasteiger partial charge in [-0.25, -0.2) is 0 Å². The first kappa shape index (κ1) is 24.0. The Labute approximate surface area is 193 Å². The molecule has 0 aliphatic rings. The highest BCUT2D eigenvalue weighted by Gasteiger charge is 2.30. The van der Waals surface area contributed by atoms with Crippen LogP contribution in [0.2, 0.25) is 0 Å². The number of thiocarbonyl (C=S) groups is 1. The number of rotatable bonds is 7. The summed E-state index contributed by atoms with van der Waals surface area (Å²) >= 11 is 5.20. The number of hydrogen-bond donors (Lipinski definition) is 4. The van der Waals surface area contributed by atoms with E-state index >= 15 is 0 Å². The normalized spacial score (nSPS) is 11.9. The van der Waals surface area contributed by atoms with Crippen molar-refractivity contribution in [3.63, 3.8) is 0 Å². The van der Waals surface area contributed by atoms with Gasteiger partial charge in [-0.3, -0.25) is 9.78 Å². The molecule has 0 aliphatic carbocycles. The molecule has 0 saturated carbocycles. The molecule has 1 unspecified atom stereocenters. The van der Waals surface area contributed by atoms with E-state index in [9.17, 15) is 18.0 Å². The summed E-state index contributed by atoms with van der Waals surface area (Å²) in [5.41, 5.74) is 8.58. The Bertz CT molecular complexity index is 1080. The number of nitrogens with zero attached hydrogens (tertiary/aromatic N) is 1. The van der Waals surface area contributed by atoms with E-state index in [-0.39, 0.29) is 16.8 Å². The zero-order valence-corrected chi connectivity index (χ0v) is 17.9. The zero-order valence-electron chi connectivity index (χ0n) is 17.1. The molecule has 11 heteroatoms. The smallest absolute Gasteiger partial charge is 0.406 e. The van der Waals surface area contributed by atoms with Gasteiger partial charge < -0.3 is 26.4 Å². The fraction of sp³-hybridized carbons (Fsp3) is 0.136. The molecule has 0 bridgehead atoms. The van der Waals surface area contributed by atoms with Crippen LogP contribution in [0.1, 0.15) is 22.0 Å². The third-order valence-corrected chi connectivity index (χ3v) is 4.61. The van der Waals surface area contributed by atoms with Gasteiger partial charge in [-0.05, 0) is 66.3 Å². The summed E-state index contributed by atoms with van der Waals surface area (Å²) in [6.07, 6.45) is -1.58. The van der Waals surface area contributed by atoms with Gasteiger partial charge in [0.25, 0.3) is 5.91 Å². The van der Waals surface area contributed by atoms with Gasteiger partial charge in [0.1, 0.15) is 5.75 Å². The summed E-state index contributed by atoms with van der Waals surface area (Å²) < 4.78 is 40.5. The number of carbonyl (C=O) groups is 1. The summed E-state index contributed by atoms with van der Waals surface area (Å²) in [5, 5.41) is 8.83. The zero-order chi connectivity index (χ0) is 23.8. The lowest BCUT2D eigenvalue weighted by molar-refractivity contribution is -0.274. The van der Waals surface area contributed by atoms with E-state index in [4.69, 9.17) is 18.0 Å². The van der Waals surface area contributed by atoms with Crippen LogP contribution in [0.15, 0.2) is 73.1 Å². The van der Waals surface area contributed by atoms with Gasteiger partial charge in [-0.2, -0.15) is 0 Å². The van der Waals surface area contributed by atoms with Crippen molar-refractivity contribution in [3.05, 3.63) is 84.2 Å². The lowest BCUT2D eigenvalue weighted by Gasteiger charge is -2.16. The highest BCUT2D eigenvalue weighted by Crippen LogP contribution is 2.24. The van der Waals surface area contributed by atoms with Gasteiger partial charge in [0.05, 0.1) is 0 Å². The molecule has 5 N–H and O–H groups in total. The van der Waals surface area contributed by atoms with Crippen molar-refractivity contribution in [2.45, 2.75) is 12.4 Å². The predicted octanol–water partition coefficient (Wildman–Crippen LogP) is 4.22. The van der Waals surface area contributed by atoms with Crippen LogP contribution >= 0.6 is 12.2 Å². The number of amides is 1. The van der Waals surface area contributed by atoms with E-state index < -0.39 is 12.4 Å². The molecule has 3 aromatic rings. The molecule has 0 spiro atoms. The Hall–Kier alpha value is -3.70. The van der Waals surface area contributed by atoms with Gasteiger partial charge in [0.15, 0.2) is 5.11 Å². The van der Waals surface area contributed by atoms with Crippen LogP contribution < -0.4 is 26.4 Å². The summed E-state index contributed by atoms with van der Waals surface area (Å²) in [6.45, 7) is 0.295. The largest absolute Gasteiger partial charge is 0.573 e. The van der Waals surface area contributed by atoms with Gasteiger partial charge >= 0.3 is 6.36 Å². The SMILES string of the molecule is NC(CNC(=S)Nc1ccc(OC(F)(F)F)cc1)c1ccc(C(=O)Nc2ccncc2)cc1. The van der Waals surface area contributed by atoms with E-state index in [1.807, 2.05) is 0 Å². The van der Waals surface area contributed by atoms with E-state index in [1.165, 1.54) is 24.3 Å². The molecule has 1 aromatic heterocycles. The molecule has 3 rings (SSSR count). The number of benzene rings is 2. The Balaban J connectivity index is 1.47. The maximum absolute atomic E-state index is 12.3. The molecule has 1 atom stereocenters. The number of nitrogens with one attached hydrogen (secondary N) is 3. The minimum atomic E-state index is -4.75. The Morgan fingerprint density at radius 2 is 1.58 bits per heavy atom. The molecule has 0 saturated heterocycles. The van der Waals surface area contributed by atoms with Crippen molar-refractivity contribution in [1.82, 2.24) is 10.3 Å². The number of carbonyl (C=O) groups excluding carboxylic acids is 1. The minimum absolute atomic E-state index is 0.253. The highest BCUT2D eigenvalue weighted by molar-refractivity contribution is 7.80. The monoisotopic (exact) mass is 475 g/mol. The molecule has 2 aromatic carbocycles. The molecule has 172 valence electrons. The van der Waals surface area contributed by atoms with E-state index in [0.717, 1.165) is 5.56 Å². The van der Waals surface area contributed by atoms with E-state index in [0.29, 0.717) is 23.5 Å². The first-order valence-electron chi connectivity index (χ1n) is 9.67. The van der Waals surface area contributed by atoms with Crippen LogP contribution in [0.4, 0.5) is 24.5 Å². The number of halogens is 3. The van der Waals surface area contributed by atoms with Crippen molar-refractivity contribution in [2.24, 2.45) is 5.73 Å². The molecular weight excluding hydrogens is 455 g/mol. The fourth-order valence-electron chi connectivity index (χ4n) is 2.76. The molecular formula is C22H20F3N5O2S. The molecule has 33 heavy (non-hydrogen) atoms. The summed E-state index contributed by atoms with van der Waals surface area (Å²) in [7, 11) is 0. The van der Waals surface area contributed by atoms with Crippen molar-refractivity contribution >= 4 is 34.6 Å². The van der Waals surface area contributed by atoms with Crippen LogP contribution in [0.25, 0.3) is 0 Å². The van der Waals surface area contributed by atoms with Crippen LogP contribution in [-0.2, 0) is 0 Å². The summed E-state index contributed by atoms with van der Waals surface area (Å²) in [4.78, 5) is 16.2. The standard InChI is InChI=1S/C22H20F3N5O2S/c23-22(24,25)32-18-7-5-16(6-8-18)30-21(33)28-13-19(26)14-1-3-15(4-2-14)20(31)29-17-9-11-27-12-10-17/h1-12,19H,13,26H2,(H,27,29,31)(H2,28,30,33). The lowest BCUT2D eigenvalue weighted by atomic mass is 10.1. The average Bonchev–Trinajstić information content (AvgIpc) is 2.78. The second-order valence-electron chi connectivity index (χ2n) is 6.83. The molecule has 1 heterocycles. The highest BCUT2D eigenvalue weighted by atomic mass is 32.1. The van der Waals surface area contributed by atoms with Crippen molar-refractivity contribution in [1.29, 1.82) is 0 Å². The van der Waals surface area contributed by atoms with Gasteiger partial charge in [0.2, 0.25) is 0 Å². The molecule has 1 amide bonds. The van der Waals surface area contributed by atoms with Crippen LogP contribution in [0.5, 0.6) is 5.75 Å². The minimum Gasteiger partial charge on any atom is -0.406 e. The van der Waals surface area contributed by atoms with Gasteiger partial charge in [-0.1, -0.05) is 12.1 Å². The second kappa shape index (κ2) is 10.7. The maximum atomic E-state index is 12.3. The van der Waals surface area contributed by atoms with E-state index in [2.05, 4.69) is 25.7 Å². The molecule has 0 fully saturated rings. The van der Waals surface area contributed by atoms with Crippen molar-refractivity contribution < 1.29 is 22.7 Å². The number of hydrogen-bond acceptors (Lipinski definition) is 5. The average molecular weight is 475 g/mol.